The highest BCUT2D eigenvalue weighted by atomic mass is 79.9. The molecule has 0 radical (unpaired) electrons. The van der Waals surface area contributed by atoms with E-state index in [2.05, 4.69) is 38.1 Å². The van der Waals surface area contributed by atoms with Crippen LogP contribution in [0.25, 0.3) is 0 Å². The van der Waals surface area contributed by atoms with Crippen LogP contribution in [-0.2, 0) is 0 Å². The fourth-order valence-corrected chi connectivity index (χ4v) is 3.24. The molecule has 1 unspecified atom stereocenters. The van der Waals surface area contributed by atoms with E-state index in [9.17, 15) is 10.1 Å². The first-order chi connectivity index (χ1) is 10.1. The van der Waals surface area contributed by atoms with Gasteiger partial charge in [0.25, 0.3) is 5.69 Å². The molecule has 1 aliphatic rings. The number of hydrogen-bond acceptors (Lipinski definition) is 5. The van der Waals surface area contributed by atoms with Crippen LogP contribution in [0.5, 0.6) is 0 Å². The van der Waals surface area contributed by atoms with Crippen molar-refractivity contribution in [3.05, 3.63) is 26.9 Å². The monoisotopic (exact) mass is 356 g/mol. The van der Waals surface area contributed by atoms with Gasteiger partial charge in [-0.15, -0.1) is 0 Å². The van der Waals surface area contributed by atoms with Crippen LogP contribution < -0.4 is 10.2 Å². The molecule has 0 spiro atoms. The zero-order chi connectivity index (χ0) is 15.2. The average Bonchev–Trinajstić information content (AvgIpc) is 2.48. The largest absolute Gasteiger partial charge is 0.354 e. The van der Waals surface area contributed by atoms with Crippen LogP contribution in [0.15, 0.2) is 16.7 Å². The van der Waals surface area contributed by atoms with Crippen LogP contribution in [0.1, 0.15) is 32.6 Å². The molecule has 7 heteroatoms. The minimum absolute atomic E-state index is 0.0119. The van der Waals surface area contributed by atoms with Crippen molar-refractivity contribution >= 4 is 27.4 Å². The van der Waals surface area contributed by atoms with Crippen LogP contribution in [0, 0.1) is 10.1 Å². The number of nitrogens with zero attached hydrogens (tertiary/aromatic N) is 3. The number of aromatic nitrogens is 1. The molecule has 1 aromatic rings. The Morgan fingerprint density at radius 2 is 2.38 bits per heavy atom. The Bertz CT molecular complexity index is 492. The number of anilines is 1. The third-order valence-electron chi connectivity index (χ3n) is 3.66. The molecule has 1 aliphatic heterocycles. The van der Waals surface area contributed by atoms with Crippen molar-refractivity contribution in [2.45, 2.75) is 38.6 Å². The maximum atomic E-state index is 10.8. The normalized spacial score (nSPS) is 18.5. The van der Waals surface area contributed by atoms with Crippen molar-refractivity contribution < 1.29 is 4.92 Å². The standard InChI is InChI=1S/C14H21BrN4O2/c1-2-7-18(10-11-5-3-4-6-16-11)14-13(15)8-12(9-17-14)19(20)21/h8-9,11,16H,2-7,10H2,1H3. The van der Waals surface area contributed by atoms with Gasteiger partial charge >= 0.3 is 0 Å². The molecule has 1 N–H and O–H groups in total. The van der Waals surface area contributed by atoms with Gasteiger partial charge in [-0.1, -0.05) is 13.3 Å². The van der Waals surface area contributed by atoms with Gasteiger partial charge in [-0.3, -0.25) is 10.1 Å². The maximum Gasteiger partial charge on any atom is 0.288 e. The molecular formula is C14H21BrN4O2. The first-order valence-electron chi connectivity index (χ1n) is 7.40. The minimum atomic E-state index is -0.422. The van der Waals surface area contributed by atoms with Crippen LogP contribution in [-0.4, -0.2) is 35.6 Å². The van der Waals surface area contributed by atoms with Gasteiger partial charge in [-0.25, -0.2) is 4.98 Å². The summed E-state index contributed by atoms with van der Waals surface area (Å²) in [6.45, 7) is 4.97. The van der Waals surface area contributed by atoms with Gasteiger partial charge in [0.1, 0.15) is 12.0 Å². The lowest BCUT2D eigenvalue weighted by molar-refractivity contribution is -0.385. The Kier molecular flexibility index (Phi) is 5.93. The molecule has 21 heavy (non-hydrogen) atoms. The number of nitro groups is 1. The molecule has 0 saturated carbocycles. The topological polar surface area (TPSA) is 71.3 Å². The first kappa shape index (κ1) is 16.2. The second-order valence-electron chi connectivity index (χ2n) is 5.35. The lowest BCUT2D eigenvalue weighted by Gasteiger charge is -2.31. The third-order valence-corrected chi connectivity index (χ3v) is 4.25. The van der Waals surface area contributed by atoms with Crippen molar-refractivity contribution in [3.8, 4) is 0 Å². The Morgan fingerprint density at radius 1 is 1.57 bits per heavy atom. The van der Waals surface area contributed by atoms with E-state index in [-0.39, 0.29) is 5.69 Å². The summed E-state index contributed by atoms with van der Waals surface area (Å²) in [6, 6.07) is 1.99. The summed E-state index contributed by atoms with van der Waals surface area (Å²) < 4.78 is 0.681. The summed E-state index contributed by atoms with van der Waals surface area (Å²) in [5.41, 5.74) is 0.0119. The summed E-state index contributed by atoms with van der Waals surface area (Å²) in [7, 11) is 0. The van der Waals surface area contributed by atoms with Crippen LogP contribution in [0.3, 0.4) is 0 Å². The summed E-state index contributed by atoms with van der Waals surface area (Å²) in [5, 5.41) is 14.3. The van der Waals surface area contributed by atoms with E-state index in [1.165, 1.54) is 31.5 Å². The number of nitrogens with one attached hydrogen (secondary N) is 1. The molecule has 0 aliphatic carbocycles. The van der Waals surface area contributed by atoms with Crippen LogP contribution >= 0.6 is 15.9 Å². The van der Waals surface area contributed by atoms with Crippen molar-refractivity contribution in [1.82, 2.24) is 10.3 Å². The minimum Gasteiger partial charge on any atom is -0.354 e. The highest BCUT2D eigenvalue weighted by molar-refractivity contribution is 9.10. The molecule has 0 aromatic carbocycles. The van der Waals surface area contributed by atoms with E-state index in [0.717, 1.165) is 31.9 Å². The number of halogens is 1. The molecule has 116 valence electrons. The van der Waals surface area contributed by atoms with E-state index in [1.54, 1.807) is 0 Å². The third kappa shape index (κ3) is 4.38. The first-order valence-corrected chi connectivity index (χ1v) is 8.19. The molecule has 1 aromatic heterocycles. The van der Waals surface area contributed by atoms with Crippen molar-refractivity contribution in [2.75, 3.05) is 24.5 Å². The molecular weight excluding hydrogens is 336 g/mol. The number of piperidine rings is 1. The van der Waals surface area contributed by atoms with Gasteiger partial charge in [-0.05, 0) is 41.7 Å². The summed E-state index contributed by atoms with van der Waals surface area (Å²) >= 11 is 3.42. The van der Waals surface area contributed by atoms with Gasteiger partial charge in [0, 0.05) is 25.2 Å². The van der Waals surface area contributed by atoms with Gasteiger partial charge < -0.3 is 10.2 Å². The number of hydrogen-bond donors (Lipinski definition) is 1. The number of pyridine rings is 1. The predicted molar refractivity (Wildman–Crippen MR) is 86.7 cm³/mol. The Labute approximate surface area is 133 Å². The van der Waals surface area contributed by atoms with Gasteiger partial charge in [0.05, 0.1) is 9.40 Å². The quantitative estimate of drug-likeness (QED) is 0.626. The second-order valence-corrected chi connectivity index (χ2v) is 6.20. The molecule has 0 amide bonds. The molecule has 6 nitrogen and oxygen atoms in total. The lowest BCUT2D eigenvalue weighted by Crippen LogP contribution is -2.44. The maximum absolute atomic E-state index is 10.8. The average molecular weight is 357 g/mol. The van der Waals surface area contributed by atoms with E-state index in [4.69, 9.17) is 0 Å². The SMILES string of the molecule is CCCN(CC1CCCCN1)c1ncc([N+](=O)[O-])cc1Br. The van der Waals surface area contributed by atoms with Crippen molar-refractivity contribution in [1.29, 1.82) is 0 Å². The summed E-state index contributed by atoms with van der Waals surface area (Å²) in [5.74, 6) is 0.787. The highest BCUT2D eigenvalue weighted by Gasteiger charge is 2.20. The zero-order valence-electron chi connectivity index (χ0n) is 12.2. The van der Waals surface area contributed by atoms with E-state index < -0.39 is 4.92 Å². The lowest BCUT2D eigenvalue weighted by atomic mass is 10.0. The molecule has 1 fully saturated rings. The molecule has 0 bridgehead atoms. The Balaban J connectivity index is 2.14. The van der Waals surface area contributed by atoms with E-state index in [0.29, 0.717) is 10.5 Å². The second kappa shape index (κ2) is 7.70. The number of rotatable bonds is 6. The molecule has 2 heterocycles. The fraction of sp³-hybridized carbons (Fsp3) is 0.643. The Hall–Kier alpha value is -1.21. The predicted octanol–water partition coefficient (Wildman–Crippen LogP) is 3.11. The Morgan fingerprint density at radius 3 is 2.95 bits per heavy atom. The molecule has 1 saturated heterocycles. The molecule has 1 atom stereocenters. The van der Waals surface area contributed by atoms with Crippen LogP contribution in [0.4, 0.5) is 11.5 Å². The van der Waals surface area contributed by atoms with Crippen molar-refractivity contribution in [3.63, 3.8) is 0 Å². The van der Waals surface area contributed by atoms with Gasteiger partial charge in [0.2, 0.25) is 0 Å². The summed E-state index contributed by atoms with van der Waals surface area (Å²) in [4.78, 5) is 16.9. The van der Waals surface area contributed by atoms with E-state index in [1.807, 2.05) is 0 Å². The van der Waals surface area contributed by atoms with Gasteiger partial charge in [-0.2, -0.15) is 0 Å². The fourth-order valence-electron chi connectivity index (χ4n) is 2.65. The summed E-state index contributed by atoms with van der Waals surface area (Å²) in [6.07, 6.45) is 6.01. The zero-order valence-corrected chi connectivity index (χ0v) is 13.8. The van der Waals surface area contributed by atoms with E-state index >= 15 is 0 Å². The van der Waals surface area contributed by atoms with Crippen LogP contribution in [0.2, 0.25) is 0 Å². The van der Waals surface area contributed by atoms with Crippen molar-refractivity contribution in [2.24, 2.45) is 0 Å². The smallest absolute Gasteiger partial charge is 0.288 e. The van der Waals surface area contributed by atoms with Gasteiger partial charge in [0.15, 0.2) is 0 Å². The molecule has 2 rings (SSSR count). The highest BCUT2D eigenvalue weighted by Crippen LogP contribution is 2.28.